The van der Waals surface area contributed by atoms with Gasteiger partial charge in [0, 0.05) is 13.1 Å². The minimum Gasteiger partial charge on any atom is -0.491 e. The average Bonchev–Trinajstić information content (AvgIpc) is 2.64. The van der Waals surface area contributed by atoms with Gasteiger partial charge in [0.15, 0.2) is 0 Å². The van der Waals surface area contributed by atoms with E-state index in [1.807, 2.05) is 11.4 Å². The maximum atomic E-state index is 5.80. The summed E-state index contributed by atoms with van der Waals surface area (Å²) < 4.78 is 5.80. The fourth-order valence-corrected chi connectivity index (χ4v) is 2.95. The Labute approximate surface area is 108 Å². The molecule has 0 atom stereocenters. The molecule has 2 heterocycles. The molecule has 0 aromatic carbocycles. The monoisotopic (exact) mass is 254 g/mol. The first-order valence-corrected chi connectivity index (χ1v) is 7.39. The third-order valence-electron chi connectivity index (χ3n) is 3.25. The van der Waals surface area contributed by atoms with E-state index in [4.69, 9.17) is 10.5 Å². The molecule has 3 nitrogen and oxygen atoms in total. The maximum absolute atomic E-state index is 5.80. The second kappa shape index (κ2) is 6.99. The molecule has 0 spiro atoms. The van der Waals surface area contributed by atoms with Gasteiger partial charge < -0.3 is 10.5 Å². The van der Waals surface area contributed by atoms with Crippen LogP contribution in [0.25, 0.3) is 0 Å². The quantitative estimate of drug-likeness (QED) is 0.877. The van der Waals surface area contributed by atoms with Gasteiger partial charge in [0.25, 0.3) is 0 Å². The van der Waals surface area contributed by atoms with Crippen LogP contribution in [0.2, 0.25) is 0 Å². The summed E-state index contributed by atoms with van der Waals surface area (Å²) in [6.45, 7) is 4.87. The lowest BCUT2D eigenvalue weighted by molar-refractivity contribution is 0.213. The first kappa shape index (κ1) is 12.9. The number of thiophene rings is 1. The lowest BCUT2D eigenvalue weighted by Crippen LogP contribution is -2.29. The van der Waals surface area contributed by atoms with Crippen molar-refractivity contribution in [1.29, 1.82) is 0 Å². The van der Waals surface area contributed by atoms with Gasteiger partial charge in [0.05, 0.1) is 4.88 Å². The number of hydrogen-bond acceptors (Lipinski definition) is 4. The Balaban J connectivity index is 1.71. The summed E-state index contributed by atoms with van der Waals surface area (Å²) in [5.41, 5.74) is 5.65. The highest BCUT2D eigenvalue weighted by Crippen LogP contribution is 2.23. The summed E-state index contributed by atoms with van der Waals surface area (Å²) >= 11 is 1.68. The number of likely N-dealkylation sites (tertiary alicyclic amines) is 1. The standard InChI is InChI=1S/C13H22N2OS/c14-11-13-12(5-10-17-13)16-9-8-15-6-3-1-2-4-7-15/h5,10H,1-4,6-9,11,14H2. The van der Waals surface area contributed by atoms with Crippen LogP contribution in [0.15, 0.2) is 11.4 Å². The van der Waals surface area contributed by atoms with E-state index in [1.54, 1.807) is 11.3 Å². The van der Waals surface area contributed by atoms with E-state index in [9.17, 15) is 0 Å². The van der Waals surface area contributed by atoms with Gasteiger partial charge in [-0.2, -0.15) is 0 Å². The van der Waals surface area contributed by atoms with Crippen LogP contribution in [0.4, 0.5) is 0 Å². The second-order valence-electron chi connectivity index (χ2n) is 4.52. The molecule has 0 aliphatic carbocycles. The predicted octanol–water partition coefficient (Wildman–Crippen LogP) is 2.46. The van der Waals surface area contributed by atoms with E-state index >= 15 is 0 Å². The molecule has 1 aliphatic heterocycles. The molecule has 2 N–H and O–H groups in total. The van der Waals surface area contributed by atoms with Gasteiger partial charge in [0.1, 0.15) is 12.4 Å². The fourth-order valence-electron chi connectivity index (χ4n) is 2.25. The van der Waals surface area contributed by atoms with Gasteiger partial charge in [-0.25, -0.2) is 0 Å². The zero-order chi connectivity index (χ0) is 11.9. The van der Waals surface area contributed by atoms with Crippen molar-refractivity contribution in [1.82, 2.24) is 4.90 Å². The highest BCUT2D eigenvalue weighted by Gasteiger charge is 2.09. The molecule has 1 saturated heterocycles. The minimum atomic E-state index is 0.580. The van der Waals surface area contributed by atoms with Gasteiger partial charge >= 0.3 is 0 Å². The van der Waals surface area contributed by atoms with Crippen LogP contribution in [0.1, 0.15) is 30.6 Å². The molecule has 1 aromatic heterocycles. The van der Waals surface area contributed by atoms with Crippen molar-refractivity contribution >= 4 is 11.3 Å². The third kappa shape index (κ3) is 3.98. The van der Waals surface area contributed by atoms with Crippen molar-refractivity contribution in [3.8, 4) is 5.75 Å². The predicted molar refractivity (Wildman–Crippen MR) is 72.6 cm³/mol. The number of ether oxygens (including phenoxy) is 1. The van der Waals surface area contributed by atoms with E-state index in [0.717, 1.165) is 23.8 Å². The molecule has 2 rings (SSSR count). The van der Waals surface area contributed by atoms with Crippen LogP contribution in [-0.4, -0.2) is 31.1 Å². The van der Waals surface area contributed by atoms with E-state index in [2.05, 4.69) is 4.90 Å². The Kier molecular flexibility index (Phi) is 5.29. The first-order valence-electron chi connectivity index (χ1n) is 6.52. The Morgan fingerprint density at radius 1 is 1.24 bits per heavy atom. The van der Waals surface area contributed by atoms with Gasteiger partial charge in [-0.05, 0) is 37.4 Å². The van der Waals surface area contributed by atoms with Crippen LogP contribution < -0.4 is 10.5 Å². The molecule has 0 unspecified atom stereocenters. The molecule has 0 radical (unpaired) electrons. The van der Waals surface area contributed by atoms with Crippen molar-refractivity contribution < 1.29 is 4.74 Å². The summed E-state index contributed by atoms with van der Waals surface area (Å²) in [5.74, 6) is 0.979. The smallest absolute Gasteiger partial charge is 0.134 e. The lowest BCUT2D eigenvalue weighted by Gasteiger charge is -2.19. The SMILES string of the molecule is NCc1sccc1OCCN1CCCCCC1. The molecule has 96 valence electrons. The summed E-state index contributed by atoms with van der Waals surface area (Å²) in [7, 11) is 0. The lowest BCUT2D eigenvalue weighted by atomic mass is 10.2. The Morgan fingerprint density at radius 3 is 2.71 bits per heavy atom. The number of hydrogen-bond donors (Lipinski definition) is 1. The molecule has 17 heavy (non-hydrogen) atoms. The fraction of sp³-hybridized carbons (Fsp3) is 0.692. The number of nitrogens with two attached hydrogens (primary N) is 1. The summed E-state index contributed by atoms with van der Waals surface area (Å²) in [5, 5.41) is 2.05. The van der Waals surface area contributed by atoms with Crippen molar-refractivity contribution in [2.24, 2.45) is 5.73 Å². The van der Waals surface area contributed by atoms with Crippen molar-refractivity contribution in [2.45, 2.75) is 32.2 Å². The summed E-state index contributed by atoms with van der Waals surface area (Å²) in [4.78, 5) is 3.67. The largest absolute Gasteiger partial charge is 0.491 e. The Morgan fingerprint density at radius 2 is 2.00 bits per heavy atom. The number of rotatable bonds is 5. The second-order valence-corrected chi connectivity index (χ2v) is 5.52. The minimum absolute atomic E-state index is 0.580. The highest BCUT2D eigenvalue weighted by atomic mass is 32.1. The van der Waals surface area contributed by atoms with Crippen LogP contribution >= 0.6 is 11.3 Å². The molecule has 4 heteroatoms. The zero-order valence-corrected chi connectivity index (χ0v) is 11.2. The topological polar surface area (TPSA) is 38.5 Å². The van der Waals surface area contributed by atoms with Crippen molar-refractivity contribution in [2.75, 3.05) is 26.2 Å². The van der Waals surface area contributed by atoms with E-state index < -0.39 is 0 Å². The van der Waals surface area contributed by atoms with Crippen LogP contribution in [0, 0.1) is 0 Å². The molecule has 1 aliphatic rings. The van der Waals surface area contributed by atoms with Crippen LogP contribution in [-0.2, 0) is 6.54 Å². The molecule has 0 bridgehead atoms. The van der Waals surface area contributed by atoms with E-state index in [0.29, 0.717) is 6.54 Å². The summed E-state index contributed by atoms with van der Waals surface area (Å²) in [6.07, 6.45) is 5.46. The van der Waals surface area contributed by atoms with Crippen molar-refractivity contribution in [3.63, 3.8) is 0 Å². The molecule has 1 fully saturated rings. The van der Waals surface area contributed by atoms with Gasteiger partial charge in [-0.1, -0.05) is 12.8 Å². The van der Waals surface area contributed by atoms with E-state index in [1.165, 1.54) is 38.8 Å². The Bertz CT molecular complexity index is 319. The van der Waals surface area contributed by atoms with Crippen LogP contribution in [0.5, 0.6) is 5.75 Å². The average molecular weight is 254 g/mol. The first-order chi connectivity index (χ1) is 8.40. The molecule has 0 amide bonds. The van der Waals surface area contributed by atoms with Gasteiger partial charge in [0.2, 0.25) is 0 Å². The highest BCUT2D eigenvalue weighted by molar-refractivity contribution is 7.10. The van der Waals surface area contributed by atoms with Gasteiger partial charge in [-0.3, -0.25) is 4.90 Å². The third-order valence-corrected chi connectivity index (χ3v) is 4.18. The molecule has 0 saturated carbocycles. The molecular weight excluding hydrogens is 232 g/mol. The Hall–Kier alpha value is -0.580. The summed E-state index contributed by atoms with van der Waals surface area (Å²) in [6, 6.07) is 2.02. The number of nitrogens with zero attached hydrogens (tertiary/aromatic N) is 1. The zero-order valence-electron chi connectivity index (χ0n) is 10.4. The normalized spacial score (nSPS) is 17.9. The molecular formula is C13H22N2OS. The van der Waals surface area contributed by atoms with Crippen molar-refractivity contribution in [3.05, 3.63) is 16.3 Å². The maximum Gasteiger partial charge on any atom is 0.134 e. The molecule has 1 aromatic rings. The van der Waals surface area contributed by atoms with Gasteiger partial charge in [-0.15, -0.1) is 11.3 Å². The van der Waals surface area contributed by atoms with Crippen LogP contribution in [0.3, 0.4) is 0 Å². The van der Waals surface area contributed by atoms with E-state index in [-0.39, 0.29) is 0 Å².